The second-order valence-electron chi connectivity index (χ2n) is 8.01. The smallest absolute Gasteiger partial charge is 0.165 e. The zero-order valence-corrected chi connectivity index (χ0v) is 16.9. The van der Waals surface area contributed by atoms with Crippen LogP contribution in [0.15, 0.2) is 59.1 Å². The molecular formula is C23H22BrNO. The number of benzene rings is 2. The standard InChI is InChI=1S/C23H22BrNO/c1-15-7-9-16(10-8-15)20-12-19-21(13-23(2,3)14-22(19)26)25(20)18-6-4-5-17(24)11-18/h4-12H,13-14H2,1-3H3. The molecule has 132 valence electrons. The van der Waals surface area contributed by atoms with Gasteiger partial charge in [0.2, 0.25) is 0 Å². The Bertz CT molecular complexity index is 996. The molecule has 0 spiro atoms. The summed E-state index contributed by atoms with van der Waals surface area (Å²) in [5.74, 6) is 0.248. The summed E-state index contributed by atoms with van der Waals surface area (Å²) in [4.78, 5) is 12.8. The highest BCUT2D eigenvalue weighted by atomic mass is 79.9. The van der Waals surface area contributed by atoms with Crippen molar-refractivity contribution in [2.24, 2.45) is 5.41 Å². The lowest BCUT2D eigenvalue weighted by Gasteiger charge is -2.30. The maximum Gasteiger partial charge on any atom is 0.165 e. The van der Waals surface area contributed by atoms with Crippen molar-refractivity contribution in [2.45, 2.75) is 33.6 Å². The third kappa shape index (κ3) is 3.05. The minimum atomic E-state index is -0.0171. The molecule has 0 atom stereocenters. The maximum atomic E-state index is 12.8. The summed E-state index contributed by atoms with van der Waals surface area (Å²) in [6.07, 6.45) is 1.50. The summed E-state index contributed by atoms with van der Waals surface area (Å²) in [7, 11) is 0. The molecule has 3 heteroatoms. The fraction of sp³-hybridized carbons (Fsp3) is 0.261. The van der Waals surface area contributed by atoms with Crippen molar-refractivity contribution in [1.82, 2.24) is 4.57 Å². The van der Waals surface area contributed by atoms with Gasteiger partial charge in [0.1, 0.15) is 0 Å². The number of ketones is 1. The van der Waals surface area contributed by atoms with Crippen LogP contribution < -0.4 is 0 Å². The van der Waals surface area contributed by atoms with Gasteiger partial charge in [-0.25, -0.2) is 0 Å². The monoisotopic (exact) mass is 407 g/mol. The summed E-state index contributed by atoms with van der Waals surface area (Å²) in [5.41, 5.74) is 6.52. The summed E-state index contributed by atoms with van der Waals surface area (Å²) >= 11 is 3.59. The Hall–Kier alpha value is -2.13. The molecule has 0 fully saturated rings. The van der Waals surface area contributed by atoms with E-state index < -0.39 is 0 Å². The van der Waals surface area contributed by atoms with Crippen molar-refractivity contribution < 1.29 is 4.79 Å². The van der Waals surface area contributed by atoms with Crippen molar-refractivity contribution >= 4 is 21.7 Å². The van der Waals surface area contributed by atoms with Crippen LogP contribution in [0.3, 0.4) is 0 Å². The summed E-state index contributed by atoms with van der Waals surface area (Å²) in [6.45, 7) is 6.45. The molecule has 4 rings (SSSR count). The maximum absolute atomic E-state index is 12.8. The van der Waals surface area contributed by atoms with Gasteiger partial charge in [-0.3, -0.25) is 4.79 Å². The quantitative estimate of drug-likeness (QED) is 0.483. The van der Waals surface area contributed by atoms with Crippen LogP contribution >= 0.6 is 15.9 Å². The zero-order chi connectivity index (χ0) is 18.5. The second-order valence-corrected chi connectivity index (χ2v) is 8.93. The number of fused-ring (bicyclic) bond motifs is 1. The lowest BCUT2D eigenvalue weighted by molar-refractivity contribution is 0.0911. The SMILES string of the molecule is Cc1ccc(-c2cc3c(n2-c2cccc(Br)c2)CC(C)(C)CC3=O)cc1. The minimum absolute atomic E-state index is 0.0171. The highest BCUT2D eigenvalue weighted by Crippen LogP contribution is 2.40. The van der Waals surface area contributed by atoms with E-state index in [0.717, 1.165) is 39.1 Å². The Kier molecular flexibility index (Phi) is 4.15. The lowest BCUT2D eigenvalue weighted by Crippen LogP contribution is -2.27. The van der Waals surface area contributed by atoms with E-state index in [2.05, 4.69) is 83.7 Å². The number of hydrogen-bond donors (Lipinski definition) is 0. The number of carbonyl (C=O) groups is 1. The van der Waals surface area contributed by atoms with E-state index in [1.165, 1.54) is 5.56 Å². The van der Waals surface area contributed by atoms with Crippen molar-refractivity contribution in [2.75, 3.05) is 0 Å². The molecule has 1 aromatic heterocycles. The molecule has 0 radical (unpaired) electrons. The first kappa shape index (κ1) is 17.3. The number of rotatable bonds is 2. The van der Waals surface area contributed by atoms with Gasteiger partial charge in [-0.15, -0.1) is 0 Å². The molecule has 0 aliphatic heterocycles. The fourth-order valence-electron chi connectivity index (χ4n) is 3.86. The van der Waals surface area contributed by atoms with Crippen LogP contribution in [-0.2, 0) is 6.42 Å². The molecule has 1 aliphatic carbocycles. The van der Waals surface area contributed by atoms with Gasteiger partial charge < -0.3 is 4.57 Å². The first-order valence-electron chi connectivity index (χ1n) is 8.95. The number of aromatic nitrogens is 1. The van der Waals surface area contributed by atoms with Crippen LogP contribution in [-0.4, -0.2) is 10.4 Å². The van der Waals surface area contributed by atoms with Crippen LogP contribution in [0, 0.1) is 12.3 Å². The molecule has 1 aliphatic rings. The van der Waals surface area contributed by atoms with Crippen LogP contribution in [0.5, 0.6) is 0 Å². The summed E-state index contributed by atoms with van der Waals surface area (Å²) < 4.78 is 3.30. The molecule has 0 amide bonds. The number of hydrogen-bond acceptors (Lipinski definition) is 1. The van der Waals surface area contributed by atoms with Gasteiger partial charge in [0.15, 0.2) is 5.78 Å². The van der Waals surface area contributed by atoms with E-state index in [1.807, 2.05) is 12.1 Å². The molecule has 0 saturated heterocycles. The van der Waals surface area contributed by atoms with E-state index in [-0.39, 0.29) is 11.2 Å². The van der Waals surface area contributed by atoms with E-state index in [1.54, 1.807) is 0 Å². The highest BCUT2D eigenvalue weighted by Gasteiger charge is 2.34. The molecule has 0 unspecified atom stereocenters. The van der Waals surface area contributed by atoms with Gasteiger partial charge in [-0.05, 0) is 48.6 Å². The molecular weight excluding hydrogens is 386 g/mol. The molecule has 2 nitrogen and oxygen atoms in total. The average Bonchev–Trinajstić information content (AvgIpc) is 2.94. The fourth-order valence-corrected chi connectivity index (χ4v) is 4.25. The van der Waals surface area contributed by atoms with E-state index >= 15 is 0 Å². The van der Waals surface area contributed by atoms with Gasteiger partial charge >= 0.3 is 0 Å². The number of nitrogens with zero attached hydrogens (tertiary/aromatic N) is 1. The number of halogens is 1. The molecule has 26 heavy (non-hydrogen) atoms. The van der Waals surface area contributed by atoms with Crippen molar-refractivity contribution in [3.8, 4) is 16.9 Å². The Morgan fingerprint density at radius 2 is 1.73 bits per heavy atom. The molecule has 3 aromatic rings. The normalized spacial score (nSPS) is 15.8. The van der Waals surface area contributed by atoms with Crippen molar-refractivity contribution in [3.05, 3.63) is 75.9 Å². The summed E-state index contributed by atoms with van der Waals surface area (Å²) in [5, 5.41) is 0. The Balaban J connectivity index is 2.00. The predicted molar refractivity (Wildman–Crippen MR) is 110 cm³/mol. The largest absolute Gasteiger partial charge is 0.313 e. The van der Waals surface area contributed by atoms with E-state index in [9.17, 15) is 4.79 Å². The number of Topliss-reactive ketones (excluding diaryl/α,β-unsaturated/α-hetero) is 1. The third-order valence-electron chi connectivity index (χ3n) is 5.10. The molecule has 1 heterocycles. The van der Waals surface area contributed by atoms with Gasteiger partial charge in [0.05, 0.1) is 5.69 Å². The predicted octanol–water partition coefficient (Wildman–Crippen LogP) is 6.37. The highest BCUT2D eigenvalue weighted by molar-refractivity contribution is 9.10. The number of aryl methyl sites for hydroxylation is 1. The number of carbonyl (C=O) groups excluding carboxylic acids is 1. The van der Waals surface area contributed by atoms with Crippen molar-refractivity contribution in [1.29, 1.82) is 0 Å². The Morgan fingerprint density at radius 3 is 2.42 bits per heavy atom. The zero-order valence-electron chi connectivity index (χ0n) is 15.3. The van der Waals surface area contributed by atoms with Gasteiger partial charge in [0.25, 0.3) is 0 Å². The molecule has 2 aromatic carbocycles. The topological polar surface area (TPSA) is 22.0 Å². The van der Waals surface area contributed by atoms with E-state index in [4.69, 9.17) is 0 Å². The average molecular weight is 408 g/mol. The Morgan fingerprint density at radius 1 is 1.00 bits per heavy atom. The molecule has 0 saturated carbocycles. The van der Waals surface area contributed by atoms with E-state index in [0.29, 0.717) is 6.42 Å². The van der Waals surface area contributed by atoms with Crippen LogP contribution in [0.2, 0.25) is 0 Å². The first-order chi connectivity index (χ1) is 12.3. The van der Waals surface area contributed by atoms with Crippen LogP contribution in [0.25, 0.3) is 16.9 Å². The molecule has 0 N–H and O–H groups in total. The Labute approximate surface area is 163 Å². The summed E-state index contributed by atoms with van der Waals surface area (Å²) in [6, 6.07) is 18.9. The van der Waals surface area contributed by atoms with Crippen molar-refractivity contribution in [3.63, 3.8) is 0 Å². The van der Waals surface area contributed by atoms with Crippen LogP contribution in [0.1, 0.15) is 41.9 Å². The lowest BCUT2D eigenvalue weighted by atomic mass is 9.76. The minimum Gasteiger partial charge on any atom is -0.313 e. The third-order valence-corrected chi connectivity index (χ3v) is 5.60. The second kappa shape index (κ2) is 6.24. The molecule has 0 bridgehead atoms. The van der Waals surface area contributed by atoms with Crippen LogP contribution in [0.4, 0.5) is 0 Å². The van der Waals surface area contributed by atoms with Gasteiger partial charge in [0, 0.05) is 27.8 Å². The van der Waals surface area contributed by atoms with Gasteiger partial charge in [-0.1, -0.05) is 65.7 Å². The van der Waals surface area contributed by atoms with Gasteiger partial charge in [-0.2, -0.15) is 0 Å². The first-order valence-corrected chi connectivity index (χ1v) is 9.74.